The summed E-state index contributed by atoms with van der Waals surface area (Å²) in [5.74, 6) is -0.718. The van der Waals surface area contributed by atoms with E-state index < -0.39 is 15.8 Å². The number of carbonyl (C=O) groups excluding carboxylic acids is 1. The van der Waals surface area contributed by atoms with Gasteiger partial charge < -0.3 is 5.32 Å². The molecule has 0 spiro atoms. The van der Waals surface area contributed by atoms with Crippen molar-refractivity contribution >= 4 is 27.3 Å². The lowest BCUT2D eigenvalue weighted by Crippen LogP contribution is -2.31. The number of benzene rings is 2. The first-order valence-electron chi connectivity index (χ1n) is 8.27. The van der Waals surface area contributed by atoms with Crippen molar-refractivity contribution in [3.63, 3.8) is 0 Å². The Morgan fingerprint density at radius 1 is 1.12 bits per heavy atom. The highest BCUT2D eigenvalue weighted by Gasteiger charge is 2.18. The fourth-order valence-electron chi connectivity index (χ4n) is 2.54. The fraction of sp³-hybridized carbons (Fsp3) is 0.316. The van der Waals surface area contributed by atoms with Crippen LogP contribution in [0.2, 0.25) is 0 Å². The zero-order valence-corrected chi connectivity index (χ0v) is 15.9. The molecule has 0 heterocycles. The summed E-state index contributed by atoms with van der Waals surface area (Å²) in [5.41, 5.74) is 3.04. The first-order valence-corrected chi connectivity index (χ1v) is 10.1. The van der Waals surface area contributed by atoms with E-state index in [-0.39, 0.29) is 18.9 Å². The van der Waals surface area contributed by atoms with Crippen LogP contribution in [0, 0.1) is 19.7 Å². The van der Waals surface area contributed by atoms with E-state index in [1.54, 1.807) is 12.1 Å². The molecule has 0 aliphatic rings. The highest BCUT2D eigenvalue weighted by Crippen LogP contribution is 2.22. The third-order valence-electron chi connectivity index (χ3n) is 4.05. The van der Waals surface area contributed by atoms with Gasteiger partial charge in [-0.15, -0.1) is 0 Å². The number of rotatable bonds is 7. The minimum atomic E-state index is -3.46. The molecule has 0 atom stereocenters. The van der Waals surface area contributed by atoms with E-state index in [4.69, 9.17) is 0 Å². The zero-order valence-electron chi connectivity index (χ0n) is 15.1. The van der Waals surface area contributed by atoms with E-state index >= 15 is 0 Å². The van der Waals surface area contributed by atoms with Crippen LogP contribution in [0.25, 0.3) is 0 Å². The van der Waals surface area contributed by atoms with Crippen LogP contribution in [-0.4, -0.2) is 27.1 Å². The number of amides is 1. The maximum atomic E-state index is 13.1. The lowest BCUT2D eigenvalue weighted by molar-refractivity contribution is -0.116. The summed E-state index contributed by atoms with van der Waals surface area (Å²) in [6.45, 7) is 4.07. The Bertz CT molecular complexity index is 897. The second kappa shape index (κ2) is 8.31. The van der Waals surface area contributed by atoms with Crippen molar-refractivity contribution in [2.24, 2.45) is 0 Å². The molecular formula is C19H23FN2O3S. The van der Waals surface area contributed by atoms with Crippen LogP contribution >= 0.6 is 0 Å². The summed E-state index contributed by atoms with van der Waals surface area (Å²) in [6, 6.07) is 11.1. The van der Waals surface area contributed by atoms with Crippen molar-refractivity contribution in [3.8, 4) is 0 Å². The van der Waals surface area contributed by atoms with Gasteiger partial charge in [0.15, 0.2) is 0 Å². The van der Waals surface area contributed by atoms with Crippen LogP contribution in [0.15, 0.2) is 42.5 Å². The summed E-state index contributed by atoms with van der Waals surface area (Å²) in [5, 5.41) is 2.60. The molecule has 26 heavy (non-hydrogen) atoms. The summed E-state index contributed by atoms with van der Waals surface area (Å²) in [4.78, 5) is 12.0. The number of anilines is 2. The third kappa shape index (κ3) is 5.56. The Morgan fingerprint density at radius 2 is 1.85 bits per heavy atom. The van der Waals surface area contributed by atoms with E-state index in [2.05, 4.69) is 5.32 Å². The van der Waals surface area contributed by atoms with Crippen LogP contribution in [-0.2, 0) is 14.8 Å². The summed E-state index contributed by atoms with van der Waals surface area (Å²) in [7, 11) is -3.46. The van der Waals surface area contributed by atoms with Gasteiger partial charge in [0.1, 0.15) is 5.82 Å². The SMILES string of the molecule is Cc1ccc(N(CCCC(=O)Nc2cccc(F)c2)S(C)(=O)=O)cc1C. The molecule has 7 heteroatoms. The molecule has 0 unspecified atom stereocenters. The van der Waals surface area contributed by atoms with Crippen molar-refractivity contribution in [1.82, 2.24) is 0 Å². The van der Waals surface area contributed by atoms with Crippen LogP contribution < -0.4 is 9.62 Å². The molecule has 0 saturated carbocycles. The fourth-order valence-corrected chi connectivity index (χ4v) is 3.50. The predicted octanol–water partition coefficient (Wildman–Crippen LogP) is 3.63. The lowest BCUT2D eigenvalue weighted by Gasteiger charge is -2.23. The maximum absolute atomic E-state index is 13.1. The van der Waals surface area contributed by atoms with Crippen molar-refractivity contribution in [3.05, 3.63) is 59.4 Å². The first kappa shape index (κ1) is 19.9. The lowest BCUT2D eigenvalue weighted by atomic mass is 10.1. The maximum Gasteiger partial charge on any atom is 0.232 e. The number of nitrogens with one attached hydrogen (secondary N) is 1. The van der Waals surface area contributed by atoms with Crippen LogP contribution in [0.5, 0.6) is 0 Å². The second-order valence-corrected chi connectivity index (χ2v) is 8.17. The second-order valence-electron chi connectivity index (χ2n) is 6.27. The van der Waals surface area contributed by atoms with Gasteiger partial charge >= 0.3 is 0 Å². The van der Waals surface area contributed by atoms with Crippen LogP contribution in [0.4, 0.5) is 15.8 Å². The molecule has 2 aromatic carbocycles. The number of carbonyl (C=O) groups is 1. The standard InChI is InChI=1S/C19H23FN2O3S/c1-14-9-10-18(12-15(14)2)22(26(3,24)25)11-5-8-19(23)21-17-7-4-6-16(20)13-17/h4,6-7,9-10,12-13H,5,8,11H2,1-3H3,(H,21,23). The smallest absolute Gasteiger partial charge is 0.232 e. The van der Waals surface area contributed by atoms with Gasteiger partial charge in [0, 0.05) is 18.7 Å². The average molecular weight is 378 g/mol. The van der Waals surface area contributed by atoms with Gasteiger partial charge in [-0.05, 0) is 61.7 Å². The van der Waals surface area contributed by atoms with E-state index in [1.165, 1.54) is 22.5 Å². The third-order valence-corrected chi connectivity index (χ3v) is 5.25. The number of nitrogens with zero attached hydrogens (tertiary/aromatic N) is 1. The topological polar surface area (TPSA) is 66.5 Å². The number of aryl methyl sites for hydroxylation is 2. The van der Waals surface area contributed by atoms with Crippen molar-refractivity contribution in [2.75, 3.05) is 22.4 Å². The normalized spacial score (nSPS) is 11.2. The number of sulfonamides is 1. The minimum Gasteiger partial charge on any atom is -0.326 e. The monoisotopic (exact) mass is 378 g/mol. The number of hydrogen-bond acceptors (Lipinski definition) is 3. The largest absolute Gasteiger partial charge is 0.326 e. The van der Waals surface area contributed by atoms with Gasteiger partial charge in [0.05, 0.1) is 11.9 Å². The molecule has 0 radical (unpaired) electrons. The van der Waals surface area contributed by atoms with E-state index in [0.29, 0.717) is 17.8 Å². The molecule has 2 rings (SSSR count). The molecule has 0 saturated heterocycles. The molecule has 0 aromatic heterocycles. The Balaban J connectivity index is 1.99. The van der Waals surface area contributed by atoms with Gasteiger partial charge in [-0.2, -0.15) is 0 Å². The molecule has 0 aliphatic heterocycles. The van der Waals surface area contributed by atoms with E-state index in [9.17, 15) is 17.6 Å². The Labute approximate surface area is 153 Å². The van der Waals surface area contributed by atoms with E-state index in [0.717, 1.165) is 17.4 Å². The van der Waals surface area contributed by atoms with Gasteiger partial charge in [0.2, 0.25) is 15.9 Å². The molecule has 1 N–H and O–H groups in total. The summed E-state index contributed by atoms with van der Waals surface area (Å²) >= 11 is 0. The van der Waals surface area contributed by atoms with E-state index in [1.807, 2.05) is 26.0 Å². The molecule has 140 valence electrons. The highest BCUT2D eigenvalue weighted by molar-refractivity contribution is 7.92. The molecular weight excluding hydrogens is 355 g/mol. The molecule has 0 aliphatic carbocycles. The Morgan fingerprint density at radius 3 is 2.46 bits per heavy atom. The van der Waals surface area contributed by atoms with Crippen molar-refractivity contribution in [1.29, 1.82) is 0 Å². The van der Waals surface area contributed by atoms with Gasteiger partial charge in [0.25, 0.3) is 0 Å². The average Bonchev–Trinajstić information content (AvgIpc) is 2.53. The Kier molecular flexibility index (Phi) is 6.37. The summed E-state index contributed by atoms with van der Waals surface area (Å²) in [6.07, 6.45) is 1.63. The molecule has 5 nitrogen and oxygen atoms in total. The quantitative estimate of drug-likeness (QED) is 0.800. The van der Waals surface area contributed by atoms with Crippen molar-refractivity contribution in [2.45, 2.75) is 26.7 Å². The molecule has 2 aromatic rings. The first-order chi connectivity index (χ1) is 12.2. The highest BCUT2D eigenvalue weighted by atomic mass is 32.2. The predicted molar refractivity (Wildman–Crippen MR) is 102 cm³/mol. The Hall–Kier alpha value is -2.41. The van der Waals surface area contributed by atoms with Crippen molar-refractivity contribution < 1.29 is 17.6 Å². The van der Waals surface area contributed by atoms with Gasteiger partial charge in [-0.3, -0.25) is 9.10 Å². The van der Waals surface area contributed by atoms with Gasteiger partial charge in [-0.1, -0.05) is 12.1 Å². The zero-order chi connectivity index (χ0) is 19.3. The molecule has 0 bridgehead atoms. The van der Waals surface area contributed by atoms with Crippen LogP contribution in [0.1, 0.15) is 24.0 Å². The van der Waals surface area contributed by atoms with Crippen LogP contribution in [0.3, 0.4) is 0 Å². The minimum absolute atomic E-state index is 0.132. The number of hydrogen-bond donors (Lipinski definition) is 1. The number of halogens is 1. The summed E-state index contributed by atoms with van der Waals surface area (Å²) < 4.78 is 38.7. The van der Waals surface area contributed by atoms with Gasteiger partial charge in [-0.25, -0.2) is 12.8 Å². The molecule has 0 fully saturated rings. The molecule has 1 amide bonds.